The maximum atomic E-state index is 12.1. The van der Waals surface area contributed by atoms with Crippen molar-refractivity contribution in [3.8, 4) is 5.75 Å². The van der Waals surface area contributed by atoms with Crippen LogP contribution in [0.15, 0.2) is 65.8 Å². The largest absolute Gasteiger partial charge is 0.481 e. The highest BCUT2D eigenvalue weighted by Gasteiger charge is 2.12. The lowest BCUT2D eigenvalue weighted by atomic mass is 10.2. The van der Waals surface area contributed by atoms with Crippen molar-refractivity contribution < 1.29 is 14.3 Å². The Hall–Kier alpha value is -2.77. The van der Waals surface area contributed by atoms with E-state index >= 15 is 0 Å². The van der Waals surface area contributed by atoms with Crippen molar-refractivity contribution in [2.75, 3.05) is 11.9 Å². The number of benzene rings is 3. The van der Waals surface area contributed by atoms with Gasteiger partial charge >= 0.3 is 0 Å². The molecule has 0 heterocycles. The lowest BCUT2D eigenvalue weighted by molar-refractivity contribution is -0.118. The van der Waals surface area contributed by atoms with E-state index in [9.17, 15) is 9.59 Å². The molecule has 2 amide bonds. The molecule has 0 aromatic heterocycles. The van der Waals surface area contributed by atoms with Crippen LogP contribution >= 0.6 is 46.4 Å². The lowest BCUT2D eigenvalue weighted by Gasteiger charge is -2.11. The van der Waals surface area contributed by atoms with Crippen molar-refractivity contribution in [2.24, 2.45) is 5.10 Å². The fourth-order valence-electron chi connectivity index (χ4n) is 2.49. The molecule has 32 heavy (non-hydrogen) atoms. The maximum Gasteiger partial charge on any atom is 0.271 e. The van der Waals surface area contributed by atoms with E-state index in [2.05, 4.69) is 15.8 Å². The minimum atomic E-state index is -0.401. The Kier molecular flexibility index (Phi) is 8.36. The maximum absolute atomic E-state index is 12.1. The number of hydrazone groups is 1. The van der Waals surface area contributed by atoms with E-state index in [0.717, 1.165) is 0 Å². The molecule has 10 heteroatoms. The molecule has 0 bridgehead atoms. The van der Waals surface area contributed by atoms with Crippen molar-refractivity contribution in [1.29, 1.82) is 0 Å². The Balaban J connectivity index is 1.57. The summed E-state index contributed by atoms with van der Waals surface area (Å²) in [6, 6.07) is 16.1. The molecule has 0 unspecified atom stereocenters. The zero-order valence-corrected chi connectivity index (χ0v) is 19.3. The first-order valence-electron chi connectivity index (χ1n) is 9.08. The number of nitrogens with one attached hydrogen (secondary N) is 2. The highest BCUT2D eigenvalue weighted by Crippen LogP contribution is 2.33. The van der Waals surface area contributed by atoms with Crippen molar-refractivity contribution in [3.05, 3.63) is 91.9 Å². The third-order valence-corrected chi connectivity index (χ3v) is 5.05. The Bertz CT molecular complexity index is 1130. The molecule has 0 aliphatic carbocycles. The fraction of sp³-hybridized carbons (Fsp3) is 0.0455. The first kappa shape index (κ1) is 23.9. The van der Waals surface area contributed by atoms with Crippen molar-refractivity contribution in [3.63, 3.8) is 0 Å². The molecule has 0 fully saturated rings. The van der Waals surface area contributed by atoms with Gasteiger partial charge in [-0.05, 0) is 66.2 Å². The Labute approximate surface area is 204 Å². The highest BCUT2D eigenvalue weighted by molar-refractivity contribution is 6.37. The summed E-state index contributed by atoms with van der Waals surface area (Å²) in [4.78, 5) is 24.1. The number of amides is 2. The predicted molar refractivity (Wildman–Crippen MR) is 129 cm³/mol. The predicted octanol–water partition coefficient (Wildman–Crippen LogP) is 6.08. The van der Waals surface area contributed by atoms with Crippen LogP contribution in [0.1, 0.15) is 15.9 Å². The zero-order valence-electron chi connectivity index (χ0n) is 16.2. The molecule has 0 radical (unpaired) electrons. The topological polar surface area (TPSA) is 79.8 Å². The molecule has 0 spiro atoms. The smallest absolute Gasteiger partial charge is 0.271 e. The molecule has 0 saturated carbocycles. The number of rotatable bonds is 7. The number of hydrogen-bond donors (Lipinski definition) is 2. The molecular formula is C22H15Cl4N3O3. The summed E-state index contributed by atoms with van der Waals surface area (Å²) in [5.41, 5.74) is 3.90. The molecule has 6 nitrogen and oxygen atoms in total. The summed E-state index contributed by atoms with van der Waals surface area (Å²) in [5.74, 6) is -0.640. The molecule has 3 aromatic rings. The van der Waals surface area contributed by atoms with Crippen LogP contribution in [0.4, 0.5) is 5.69 Å². The summed E-state index contributed by atoms with van der Waals surface area (Å²) >= 11 is 24.1. The Morgan fingerprint density at radius 3 is 2.03 bits per heavy atom. The van der Waals surface area contributed by atoms with Crippen LogP contribution in [-0.2, 0) is 4.79 Å². The second kappa shape index (κ2) is 11.2. The van der Waals surface area contributed by atoms with Crippen LogP contribution in [0.2, 0.25) is 20.1 Å². The number of hydrogen-bond acceptors (Lipinski definition) is 4. The van der Waals surface area contributed by atoms with E-state index in [0.29, 0.717) is 26.9 Å². The average Bonchev–Trinajstić information content (AvgIpc) is 2.75. The summed E-state index contributed by atoms with van der Waals surface area (Å²) in [6.07, 6.45) is 1.38. The third kappa shape index (κ3) is 6.87. The SMILES string of the molecule is O=C(COc1c(Cl)cc(/C=N/NC(=O)c2ccc(Cl)cc2)cc1Cl)Nc1ccc(Cl)cc1. The second-order valence-electron chi connectivity index (χ2n) is 6.36. The van der Waals surface area contributed by atoms with Gasteiger partial charge in [0.15, 0.2) is 12.4 Å². The lowest BCUT2D eigenvalue weighted by Crippen LogP contribution is -2.20. The first-order chi connectivity index (χ1) is 15.3. The van der Waals surface area contributed by atoms with E-state index in [4.69, 9.17) is 51.1 Å². The van der Waals surface area contributed by atoms with E-state index in [1.165, 1.54) is 18.3 Å². The van der Waals surface area contributed by atoms with Gasteiger partial charge in [0, 0.05) is 21.3 Å². The van der Waals surface area contributed by atoms with Gasteiger partial charge in [-0.2, -0.15) is 5.10 Å². The minimum Gasteiger partial charge on any atom is -0.481 e. The van der Waals surface area contributed by atoms with Gasteiger partial charge in [-0.25, -0.2) is 5.43 Å². The molecule has 0 atom stereocenters. The number of carbonyl (C=O) groups excluding carboxylic acids is 2. The normalized spacial score (nSPS) is 10.8. The Morgan fingerprint density at radius 2 is 1.44 bits per heavy atom. The van der Waals surface area contributed by atoms with Gasteiger partial charge in [0.25, 0.3) is 11.8 Å². The molecule has 3 aromatic carbocycles. The van der Waals surface area contributed by atoms with Gasteiger partial charge in [0.05, 0.1) is 16.3 Å². The molecule has 0 aliphatic heterocycles. The number of halogens is 4. The third-order valence-electron chi connectivity index (χ3n) is 3.98. The molecule has 3 rings (SSSR count). The van der Waals surface area contributed by atoms with Gasteiger partial charge in [-0.3, -0.25) is 9.59 Å². The number of anilines is 1. The van der Waals surface area contributed by atoms with Crippen LogP contribution < -0.4 is 15.5 Å². The standard InChI is InChI=1S/C22H15Cl4N3O3/c23-15-3-1-14(2-4-15)22(31)29-27-11-13-9-18(25)21(19(26)10-13)32-12-20(30)28-17-7-5-16(24)6-8-17/h1-11H,12H2,(H,28,30)(H,29,31)/b27-11+. The van der Waals surface area contributed by atoms with Crippen LogP contribution in [0.3, 0.4) is 0 Å². The molecule has 0 saturated heterocycles. The van der Waals surface area contributed by atoms with E-state index in [1.807, 2.05) is 0 Å². The van der Waals surface area contributed by atoms with Gasteiger partial charge < -0.3 is 10.1 Å². The second-order valence-corrected chi connectivity index (χ2v) is 8.05. The van der Waals surface area contributed by atoms with Gasteiger partial charge in [-0.15, -0.1) is 0 Å². The molecule has 0 aliphatic rings. The van der Waals surface area contributed by atoms with Crippen LogP contribution in [0.25, 0.3) is 0 Å². The summed E-state index contributed by atoms with van der Waals surface area (Å²) < 4.78 is 5.46. The fourth-order valence-corrected chi connectivity index (χ4v) is 3.36. The number of carbonyl (C=O) groups is 2. The molecule has 164 valence electrons. The van der Waals surface area contributed by atoms with Gasteiger partial charge in [0.1, 0.15) is 0 Å². The monoisotopic (exact) mass is 509 g/mol. The molecular weight excluding hydrogens is 496 g/mol. The van der Waals surface area contributed by atoms with Crippen LogP contribution in [-0.4, -0.2) is 24.6 Å². The zero-order chi connectivity index (χ0) is 23.1. The average molecular weight is 511 g/mol. The van der Waals surface area contributed by atoms with E-state index < -0.39 is 11.8 Å². The molecule has 2 N–H and O–H groups in total. The first-order valence-corrected chi connectivity index (χ1v) is 10.6. The van der Waals surface area contributed by atoms with E-state index in [1.54, 1.807) is 48.5 Å². The van der Waals surface area contributed by atoms with Crippen molar-refractivity contribution in [1.82, 2.24) is 5.43 Å². The van der Waals surface area contributed by atoms with Crippen molar-refractivity contribution in [2.45, 2.75) is 0 Å². The van der Waals surface area contributed by atoms with Crippen molar-refractivity contribution >= 4 is 70.1 Å². The summed E-state index contributed by atoms with van der Waals surface area (Å²) in [6.45, 7) is -0.299. The Morgan fingerprint density at radius 1 is 0.875 bits per heavy atom. The number of nitrogens with zero attached hydrogens (tertiary/aromatic N) is 1. The summed E-state index contributed by atoms with van der Waals surface area (Å²) in [7, 11) is 0. The highest BCUT2D eigenvalue weighted by atomic mass is 35.5. The summed E-state index contributed by atoms with van der Waals surface area (Å²) in [5, 5.41) is 8.01. The number of ether oxygens (including phenoxy) is 1. The quantitative estimate of drug-likeness (QED) is 0.298. The van der Waals surface area contributed by atoms with Crippen LogP contribution in [0, 0.1) is 0 Å². The van der Waals surface area contributed by atoms with E-state index in [-0.39, 0.29) is 22.4 Å². The van der Waals surface area contributed by atoms with Gasteiger partial charge in [-0.1, -0.05) is 46.4 Å². The van der Waals surface area contributed by atoms with Gasteiger partial charge in [0.2, 0.25) is 0 Å². The van der Waals surface area contributed by atoms with Crippen LogP contribution in [0.5, 0.6) is 5.75 Å². The minimum absolute atomic E-state index is 0.155.